The number of aryl methyl sites for hydroxylation is 2. The van der Waals surface area contributed by atoms with Gasteiger partial charge in [-0.2, -0.15) is 4.98 Å². The van der Waals surface area contributed by atoms with Crippen molar-refractivity contribution in [3.05, 3.63) is 64.1 Å². The molecule has 0 radical (unpaired) electrons. The van der Waals surface area contributed by atoms with Crippen LogP contribution in [0.5, 0.6) is 5.75 Å². The molecule has 0 amide bonds. The van der Waals surface area contributed by atoms with Gasteiger partial charge in [-0.15, -0.1) is 0 Å². The van der Waals surface area contributed by atoms with Crippen LogP contribution in [0.2, 0.25) is 0 Å². The minimum Gasteiger partial charge on any atom is -0.508 e. The number of nitrogens with zero attached hydrogens (tertiary/aromatic N) is 1. The SMILES string of the molecule is Cc1cc(-c2cc(-c3ccc(NCC4CCCNC4)cc3C)[nH]c(=O)n2)ccc1O. The monoisotopic (exact) mass is 404 g/mol. The predicted molar refractivity (Wildman–Crippen MR) is 121 cm³/mol. The van der Waals surface area contributed by atoms with Gasteiger partial charge in [0.15, 0.2) is 0 Å². The number of aromatic nitrogens is 2. The number of piperidine rings is 1. The molecule has 4 rings (SSSR count). The van der Waals surface area contributed by atoms with E-state index in [0.717, 1.165) is 53.3 Å². The Kier molecular flexibility index (Phi) is 5.86. The number of rotatable bonds is 5. The van der Waals surface area contributed by atoms with Gasteiger partial charge in [-0.3, -0.25) is 0 Å². The Labute approximate surface area is 176 Å². The van der Waals surface area contributed by atoms with Gasteiger partial charge >= 0.3 is 5.69 Å². The maximum Gasteiger partial charge on any atom is 0.345 e. The van der Waals surface area contributed by atoms with E-state index in [2.05, 4.69) is 32.7 Å². The maximum atomic E-state index is 12.2. The number of H-pyrrole nitrogens is 1. The lowest BCUT2D eigenvalue weighted by Crippen LogP contribution is -2.33. The summed E-state index contributed by atoms with van der Waals surface area (Å²) in [6.45, 7) is 7.03. The van der Waals surface area contributed by atoms with Crippen LogP contribution in [0, 0.1) is 19.8 Å². The van der Waals surface area contributed by atoms with E-state index < -0.39 is 0 Å². The Bertz CT molecular complexity index is 1100. The van der Waals surface area contributed by atoms with E-state index in [9.17, 15) is 9.90 Å². The Hall–Kier alpha value is -3.12. The van der Waals surface area contributed by atoms with Crippen molar-refractivity contribution in [1.29, 1.82) is 0 Å². The molecule has 1 aromatic heterocycles. The zero-order valence-corrected chi connectivity index (χ0v) is 17.5. The quantitative estimate of drug-likeness (QED) is 0.519. The number of anilines is 1. The van der Waals surface area contributed by atoms with E-state index in [1.165, 1.54) is 12.8 Å². The zero-order chi connectivity index (χ0) is 21.1. The van der Waals surface area contributed by atoms with Crippen molar-refractivity contribution in [2.75, 3.05) is 25.0 Å². The molecule has 1 saturated heterocycles. The van der Waals surface area contributed by atoms with E-state index in [1.807, 2.05) is 32.0 Å². The number of nitrogens with one attached hydrogen (secondary N) is 3. The highest BCUT2D eigenvalue weighted by atomic mass is 16.3. The molecule has 1 atom stereocenters. The third kappa shape index (κ3) is 4.54. The standard InChI is InChI=1S/C24H28N4O2/c1-15-11-19(26-14-17-4-3-9-25-13-17)6-7-20(15)22-12-21(27-24(30)28-22)18-5-8-23(29)16(2)10-18/h5-8,10-12,17,25-26,29H,3-4,9,13-14H2,1-2H3,(H,27,28,30). The van der Waals surface area contributed by atoms with Crippen molar-refractivity contribution >= 4 is 5.69 Å². The fourth-order valence-electron chi connectivity index (χ4n) is 4.00. The van der Waals surface area contributed by atoms with Crippen LogP contribution < -0.4 is 16.3 Å². The molecule has 1 aliphatic heterocycles. The fraction of sp³-hybridized carbons (Fsp3) is 0.333. The van der Waals surface area contributed by atoms with Crippen molar-refractivity contribution in [3.8, 4) is 28.3 Å². The van der Waals surface area contributed by atoms with E-state index in [0.29, 0.717) is 11.6 Å². The number of aromatic amines is 1. The first-order valence-electron chi connectivity index (χ1n) is 10.5. The van der Waals surface area contributed by atoms with Crippen LogP contribution in [0.15, 0.2) is 47.3 Å². The number of phenols is 1. The summed E-state index contributed by atoms with van der Waals surface area (Å²) in [4.78, 5) is 19.2. The van der Waals surface area contributed by atoms with Gasteiger partial charge in [0.05, 0.1) is 11.4 Å². The smallest absolute Gasteiger partial charge is 0.345 e. The first-order chi connectivity index (χ1) is 14.5. The van der Waals surface area contributed by atoms with Crippen LogP contribution in [0.1, 0.15) is 24.0 Å². The van der Waals surface area contributed by atoms with Gasteiger partial charge in [0, 0.05) is 23.4 Å². The van der Waals surface area contributed by atoms with Gasteiger partial charge in [0.25, 0.3) is 0 Å². The molecule has 3 aromatic rings. The average Bonchev–Trinajstić information content (AvgIpc) is 2.74. The highest BCUT2D eigenvalue weighted by Crippen LogP contribution is 2.28. The molecule has 1 aliphatic rings. The largest absolute Gasteiger partial charge is 0.508 e. The number of hydrogen-bond donors (Lipinski definition) is 4. The molecule has 1 unspecified atom stereocenters. The molecule has 6 nitrogen and oxygen atoms in total. The van der Waals surface area contributed by atoms with Gasteiger partial charge < -0.3 is 20.7 Å². The summed E-state index contributed by atoms with van der Waals surface area (Å²) in [5, 5.41) is 16.8. The summed E-state index contributed by atoms with van der Waals surface area (Å²) in [6, 6.07) is 13.3. The first kappa shape index (κ1) is 20.2. The number of phenolic OH excluding ortho intramolecular Hbond substituents is 1. The molecular formula is C24H28N4O2. The Morgan fingerprint density at radius 1 is 1.13 bits per heavy atom. The van der Waals surface area contributed by atoms with Crippen LogP contribution in [0.4, 0.5) is 5.69 Å². The summed E-state index contributed by atoms with van der Waals surface area (Å²) in [5.74, 6) is 0.887. The molecule has 156 valence electrons. The second kappa shape index (κ2) is 8.71. The molecule has 4 N–H and O–H groups in total. The molecule has 2 aromatic carbocycles. The van der Waals surface area contributed by atoms with Crippen LogP contribution in [0.25, 0.3) is 22.5 Å². The van der Waals surface area contributed by atoms with E-state index in [4.69, 9.17) is 0 Å². The topological polar surface area (TPSA) is 90.0 Å². The highest BCUT2D eigenvalue weighted by molar-refractivity contribution is 5.72. The Morgan fingerprint density at radius 2 is 2.00 bits per heavy atom. The molecule has 30 heavy (non-hydrogen) atoms. The third-order valence-corrected chi connectivity index (χ3v) is 5.75. The van der Waals surface area contributed by atoms with E-state index in [1.54, 1.807) is 12.1 Å². The van der Waals surface area contributed by atoms with E-state index in [-0.39, 0.29) is 11.4 Å². The number of aromatic hydroxyl groups is 1. The second-order valence-corrected chi connectivity index (χ2v) is 8.11. The summed E-state index contributed by atoms with van der Waals surface area (Å²) in [7, 11) is 0. The van der Waals surface area contributed by atoms with Crippen molar-refractivity contribution in [2.45, 2.75) is 26.7 Å². The summed E-state index contributed by atoms with van der Waals surface area (Å²) in [6.07, 6.45) is 2.50. The summed E-state index contributed by atoms with van der Waals surface area (Å²) >= 11 is 0. The zero-order valence-electron chi connectivity index (χ0n) is 17.5. The predicted octanol–water partition coefficient (Wildman–Crippen LogP) is 3.84. The minimum atomic E-state index is -0.389. The Balaban J connectivity index is 1.58. The van der Waals surface area contributed by atoms with Crippen LogP contribution in [-0.4, -0.2) is 34.7 Å². The van der Waals surface area contributed by atoms with Gasteiger partial charge in [0.2, 0.25) is 0 Å². The number of benzene rings is 2. The molecule has 6 heteroatoms. The highest BCUT2D eigenvalue weighted by Gasteiger charge is 2.13. The molecule has 0 spiro atoms. The molecule has 0 bridgehead atoms. The summed E-state index contributed by atoms with van der Waals surface area (Å²) < 4.78 is 0. The van der Waals surface area contributed by atoms with E-state index >= 15 is 0 Å². The lowest BCUT2D eigenvalue weighted by Gasteiger charge is -2.23. The molecule has 0 aliphatic carbocycles. The second-order valence-electron chi connectivity index (χ2n) is 8.11. The van der Waals surface area contributed by atoms with Gasteiger partial charge in [0.1, 0.15) is 5.75 Å². The normalized spacial score (nSPS) is 16.4. The number of hydrogen-bond acceptors (Lipinski definition) is 5. The van der Waals surface area contributed by atoms with Crippen LogP contribution >= 0.6 is 0 Å². The fourth-order valence-corrected chi connectivity index (χ4v) is 4.00. The summed E-state index contributed by atoms with van der Waals surface area (Å²) in [5.41, 5.74) is 5.62. The third-order valence-electron chi connectivity index (χ3n) is 5.75. The molecule has 0 saturated carbocycles. The van der Waals surface area contributed by atoms with Crippen LogP contribution in [-0.2, 0) is 0 Å². The lowest BCUT2D eigenvalue weighted by molar-refractivity contribution is 0.393. The maximum absolute atomic E-state index is 12.2. The van der Waals surface area contributed by atoms with Crippen LogP contribution in [0.3, 0.4) is 0 Å². The van der Waals surface area contributed by atoms with Gasteiger partial charge in [-0.1, -0.05) is 6.07 Å². The molecule has 2 heterocycles. The minimum absolute atomic E-state index is 0.228. The molecule has 1 fully saturated rings. The lowest BCUT2D eigenvalue weighted by atomic mass is 9.99. The Morgan fingerprint density at radius 3 is 2.73 bits per heavy atom. The van der Waals surface area contributed by atoms with Crippen molar-refractivity contribution in [2.24, 2.45) is 5.92 Å². The van der Waals surface area contributed by atoms with Crippen molar-refractivity contribution in [3.63, 3.8) is 0 Å². The van der Waals surface area contributed by atoms with Crippen molar-refractivity contribution in [1.82, 2.24) is 15.3 Å². The van der Waals surface area contributed by atoms with Gasteiger partial charge in [-0.05, 0) is 93.2 Å². The molecular weight excluding hydrogens is 376 g/mol. The first-order valence-corrected chi connectivity index (χ1v) is 10.5. The average molecular weight is 405 g/mol. The van der Waals surface area contributed by atoms with Crippen molar-refractivity contribution < 1.29 is 5.11 Å². The van der Waals surface area contributed by atoms with Gasteiger partial charge in [-0.25, -0.2) is 4.79 Å².